The number of nitrogens with zero attached hydrogens (tertiary/aromatic N) is 6. The number of fused-ring (bicyclic) bond motifs is 4. The summed E-state index contributed by atoms with van der Waals surface area (Å²) in [6.45, 7) is 3.65. The number of halogens is 4. The smallest absolute Gasteiger partial charge is 0.391 e. The Morgan fingerprint density at radius 2 is 1.81 bits per heavy atom. The molecule has 2 unspecified atom stereocenters. The molecule has 13 heteroatoms. The quantitative estimate of drug-likeness (QED) is 0.196. The first-order chi connectivity index (χ1) is 23.1. The highest BCUT2D eigenvalue weighted by molar-refractivity contribution is 5.92. The van der Waals surface area contributed by atoms with E-state index in [1.807, 2.05) is 4.57 Å². The molecule has 5 heterocycles. The van der Waals surface area contributed by atoms with Gasteiger partial charge in [-0.05, 0) is 80.8 Å². The van der Waals surface area contributed by atoms with E-state index >= 15 is 0 Å². The van der Waals surface area contributed by atoms with Crippen molar-refractivity contribution < 1.29 is 27.4 Å². The molecule has 2 aromatic heterocycles. The van der Waals surface area contributed by atoms with E-state index in [0.29, 0.717) is 77.7 Å². The molecule has 0 amide bonds. The van der Waals surface area contributed by atoms with E-state index in [0.717, 1.165) is 38.8 Å². The highest BCUT2D eigenvalue weighted by atomic mass is 19.4. The third-order valence-corrected chi connectivity index (χ3v) is 10.6. The lowest BCUT2D eigenvalue weighted by atomic mass is 9.95. The van der Waals surface area contributed by atoms with Crippen LogP contribution in [0, 0.1) is 29.5 Å². The fraction of sp³-hybridized carbons (Fsp3) is 0.514. The van der Waals surface area contributed by atoms with Crippen molar-refractivity contribution in [2.45, 2.75) is 63.3 Å². The van der Waals surface area contributed by atoms with Gasteiger partial charge in [0.2, 0.25) is 11.8 Å². The van der Waals surface area contributed by atoms with Gasteiger partial charge in [-0.25, -0.2) is 9.37 Å². The molecule has 1 saturated carbocycles. The van der Waals surface area contributed by atoms with Crippen LogP contribution in [0.4, 0.5) is 23.5 Å². The van der Waals surface area contributed by atoms with Crippen molar-refractivity contribution in [3.8, 4) is 24.0 Å². The molecule has 3 saturated heterocycles. The highest BCUT2D eigenvalue weighted by Gasteiger charge is 2.47. The number of imidazole rings is 1. The van der Waals surface area contributed by atoms with Crippen molar-refractivity contribution in [3.05, 3.63) is 47.5 Å². The van der Waals surface area contributed by atoms with Crippen LogP contribution >= 0.6 is 0 Å². The summed E-state index contributed by atoms with van der Waals surface area (Å²) in [7, 11) is 0. The Labute approximate surface area is 275 Å². The topological polar surface area (TPSA) is 91.6 Å². The predicted octanol–water partition coefficient (Wildman–Crippen LogP) is 5.23. The van der Waals surface area contributed by atoms with Gasteiger partial charge in [-0.2, -0.15) is 23.1 Å². The zero-order valence-electron chi connectivity index (χ0n) is 26.4. The average Bonchev–Trinajstić information content (AvgIpc) is 3.58. The van der Waals surface area contributed by atoms with Gasteiger partial charge in [0.15, 0.2) is 11.2 Å². The SMILES string of the molecule is C#Cc1c(F)ccc2cc(O)cc(Cn3cnc4c(OCC5(CN6CCC(C(F)(F)F)CC6)CC5)nc(N5CC6CCC(C5)N6)nc43)c12. The van der Waals surface area contributed by atoms with Gasteiger partial charge in [-0.3, -0.25) is 0 Å². The van der Waals surface area contributed by atoms with Gasteiger partial charge < -0.3 is 29.5 Å². The van der Waals surface area contributed by atoms with Gasteiger partial charge in [0, 0.05) is 42.5 Å². The average molecular weight is 664 g/mol. The Balaban J connectivity index is 1.10. The summed E-state index contributed by atoms with van der Waals surface area (Å²) in [5.74, 6) is 1.66. The largest absolute Gasteiger partial charge is 0.508 e. The first kappa shape index (κ1) is 31.1. The fourth-order valence-electron chi connectivity index (χ4n) is 7.83. The van der Waals surface area contributed by atoms with E-state index in [2.05, 4.69) is 26.0 Å². The van der Waals surface area contributed by atoms with Crippen LogP contribution in [0.3, 0.4) is 0 Å². The molecule has 4 fully saturated rings. The summed E-state index contributed by atoms with van der Waals surface area (Å²) < 4.78 is 62.8. The number of terminal acetylenes is 1. The van der Waals surface area contributed by atoms with E-state index in [1.54, 1.807) is 24.5 Å². The Hall–Kier alpha value is -4.15. The molecular formula is C35H37F4N7O2. The van der Waals surface area contributed by atoms with E-state index in [-0.39, 0.29) is 36.1 Å². The second-order valence-corrected chi connectivity index (χ2v) is 14.1. The van der Waals surface area contributed by atoms with Crippen LogP contribution in [-0.2, 0) is 6.54 Å². The van der Waals surface area contributed by atoms with E-state index in [1.165, 1.54) is 6.07 Å². The number of piperazine rings is 1. The zero-order chi connectivity index (χ0) is 33.2. The van der Waals surface area contributed by atoms with Gasteiger partial charge in [0.25, 0.3) is 0 Å². The normalized spacial score (nSPS) is 22.8. The molecule has 2 aromatic carbocycles. The van der Waals surface area contributed by atoms with Crippen LogP contribution in [0.25, 0.3) is 21.9 Å². The van der Waals surface area contributed by atoms with Crippen molar-refractivity contribution in [2.24, 2.45) is 11.3 Å². The summed E-state index contributed by atoms with van der Waals surface area (Å²) in [5, 5.41) is 15.3. The summed E-state index contributed by atoms with van der Waals surface area (Å²) in [5.41, 5.74) is 1.61. The minimum atomic E-state index is -4.14. The summed E-state index contributed by atoms with van der Waals surface area (Å²) in [6.07, 6.45) is 7.53. The molecule has 48 heavy (non-hydrogen) atoms. The molecule has 2 bridgehead atoms. The van der Waals surface area contributed by atoms with E-state index < -0.39 is 17.9 Å². The Morgan fingerprint density at radius 1 is 1.06 bits per heavy atom. The third-order valence-electron chi connectivity index (χ3n) is 10.6. The lowest BCUT2D eigenvalue weighted by molar-refractivity contribution is -0.185. The number of phenols is 1. The molecule has 9 nitrogen and oxygen atoms in total. The number of piperidine rings is 1. The molecule has 2 N–H and O–H groups in total. The van der Waals surface area contributed by atoms with Crippen molar-refractivity contribution in [1.82, 2.24) is 29.7 Å². The fourth-order valence-corrected chi connectivity index (χ4v) is 7.83. The molecule has 8 rings (SSSR count). The molecule has 2 atom stereocenters. The number of benzene rings is 2. The first-order valence-electron chi connectivity index (χ1n) is 16.6. The van der Waals surface area contributed by atoms with Crippen molar-refractivity contribution in [3.63, 3.8) is 0 Å². The molecule has 4 aromatic rings. The number of hydrogen-bond donors (Lipinski definition) is 2. The number of alkyl halides is 3. The Kier molecular flexibility index (Phi) is 7.64. The number of aromatic nitrogens is 4. The number of nitrogens with one attached hydrogen (secondary N) is 1. The standard InChI is InChI=1S/C35H37F4N7O2/c1-2-27-28(36)6-3-21-13-26(47)14-22(29(21)27)15-46-20-40-30-31(46)42-33(45-16-24-4-5-25(17-45)41-24)43-32(30)48-19-34(9-10-34)18-44-11-7-23(8-12-44)35(37,38)39/h1,3,6,13-14,20,23-25,41,47H,4-5,7-12,15-19H2. The van der Waals surface area contributed by atoms with Crippen LogP contribution in [0.15, 0.2) is 30.6 Å². The lowest BCUT2D eigenvalue weighted by Crippen LogP contribution is -2.51. The predicted molar refractivity (Wildman–Crippen MR) is 172 cm³/mol. The van der Waals surface area contributed by atoms with E-state index in [9.17, 15) is 22.7 Å². The maximum atomic E-state index is 14.8. The number of hydrogen-bond acceptors (Lipinski definition) is 8. The van der Waals surface area contributed by atoms with Crippen LogP contribution in [0.2, 0.25) is 0 Å². The monoisotopic (exact) mass is 663 g/mol. The molecular weight excluding hydrogens is 626 g/mol. The lowest BCUT2D eigenvalue weighted by Gasteiger charge is -2.35. The van der Waals surface area contributed by atoms with Gasteiger partial charge in [-0.15, -0.1) is 6.42 Å². The third kappa shape index (κ3) is 5.89. The number of aromatic hydroxyl groups is 1. The summed E-state index contributed by atoms with van der Waals surface area (Å²) in [4.78, 5) is 18.9. The molecule has 3 aliphatic heterocycles. The van der Waals surface area contributed by atoms with Crippen LogP contribution in [0.5, 0.6) is 11.6 Å². The first-order valence-corrected chi connectivity index (χ1v) is 16.6. The number of phenolic OH excluding ortho intramolecular Hbond substituents is 1. The van der Waals surface area contributed by atoms with E-state index in [4.69, 9.17) is 21.1 Å². The van der Waals surface area contributed by atoms with Crippen LogP contribution in [0.1, 0.15) is 49.7 Å². The van der Waals surface area contributed by atoms with Crippen molar-refractivity contribution in [1.29, 1.82) is 0 Å². The zero-order valence-corrected chi connectivity index (χ0v) is 26.4. The Morgan fingerprint density at radius 3 is 2.50 bits per heavy atom. The van der Waals surface area contributed by atoms with Gasteiger partial charge in [-0.1, -0.05) is 12.0 Å². The summed E-state index contributed by atoms with van der Waals surface area (Å²) in [6, 6.07) is 6.73. The second kappa shape index (κ2) is 11.8. The number of ether oxygens (including phenoxy) is 1. The van der Waals surface area contributed by atoms with Crippen LogP contribution < -0.4 is 15.0 Å². The molecule has 1 aliphatic carbocycles. The number of likely N-dealkylation sites (tertiary alicyclic amines) is 1. The Bertz CT molecular complexity index is 1900. The van der Waals surface area contributed by atoms with Crippen LogP contribution in [-0.4, -0.2) is 87.1 Å². The molecule has 252 valence electrons. The molecule has 4 aliphatic rings. The summed E-state index contributed by atoms with van der Waals surface area (Å²) >= 11 is 0. The maximum absolute atomic E-state index is 14.8. The van der Waals surface area contributed by atoms with Gasteiger partial charge >= 0.3 is 6.18 Å². The second-order valence-electron chi connectivity index (χ2n) is 14.1. The van der Waals surface area contributed by atoms with Gasteiger partial charge in [0.05, 0.1) is 31.0 Å². The molecule has 0 radical (unpaired) electrons. The van der Waals surface area contributed by atoms with Crippen molar-refractivity contribution in [2.75, 3.05) is 44.2 Å². The minimum absolute atomic E-state index is 0.0319. The minimum Gasteiger partial charge on any atom is -0.508 e. The van der Waals surface area contributed by atoms with Crippen molar-refractivity contribution >= 4 is 27.9 Å². The highest BCUT2D eigenvalue weighted by Crippen LogP contribution is 2.48. The maximum Gasteiger partial charge on any atom is 0.391 e. The van der Waals surface area contributed by atoms with Gasteiger partial charge in [0.1, 0.15) is 11.6 Å². The number of rotatable bonds is 8. The number of anilines is 1. The molecule has 0 spiro atoms.